The molecule has 0 unspecified atom stereocenters. The Labute approximate surface area is 195 Å². The van der Waals surface area contributed by atoms with Crippen LogP contribution in [0.25, 0.3) is 16.6 Å². The molecule has 0 atom stereocenters. The first-order chi connectivity index (χ1) is 15.9. The fourth-order valence-corrected chi connectivity index (χ4v) is 6.46. The molecule has 1 saturated carbocycles. The highest BCUT2D eigenvalue weighted by Crippen LogP contribution is 2.36. The Hall–Kier alpha value is -3.18. The third-order valence-electron chi connectivity index (χ3n) is 6.41. The van der Waals surface area contributed by atoms with E-state index in [-0.39, 0.29) is 4.90 Å². The Morgan fingerprint density at radius 2 is 1.64 bits per heavy atom. The van der Waals surface area contributed by atoms with Gasteiger partial charge in [-0.1, -0.05) is 66.4 Å². The monoisotopic (exact) mass is 456 g/mol. The Bertz CT molecular complexity index is 1420. The summed E-state index contributed by atoms with van der Waals surface area (Å²) >= 11 is 0. The van der Waals surface area contributed by atoms with Gasteiger partial charge in [-0.25, -0.2) is 17.4 Å². The van der Waals surface area contributed by atoms with Crippen molar-refractivity contribution in [3.05, 3.63) is 101 Å². The van der Waals surface area contributed by atoms with Gasteiger partial charge in [-0.05, 0) is 68.5 Å². The van der Waals surface area contributed by atoms with Crippen molar-refractivity contribution in [1.82, 2.24) is 8.96 Å². The lowest BCUT2D eigenvalue weighted by molar-refractivity contribution is 0.588. The Balaban J connectivity index is 1.82. The predicted molar refractivity (Wildman–Crippen MR) is 134 cm³/mol. The zero-order valence-corrected chi connectivity index (χ0v) is 19.8. The van der Waals surface area contributed by atoms with Crippen LogP contribution in [0.4, 0.5) is 0 Å². The van der Waals surface area contributed by atoms with Crippen LogP contribution in [-0.2, 0) is 10.0 Å². The summed E-state index contributed by atoms with van der Waals surface area (Å²) in [6.07, 6.45) is 8.66. The Kier molecular flexibility index (Phi) is 5.67. The molecule has 0 bridgehead atoms. The summed E-state index contributed by atoms with van der Waals surface area (Å²) in [7, 11) is -3.85. The molecule has 0 radical (unpaired) electrons. The molecule has 5 heteroatoms. The maximum absolute atomic E-state index is 13.9. The summed E-state index contributed by atoms with van der Waals surface area (Å²) in [5, 5.41) is 0.814. The SMILES string of the molecule is Cc1cc(C)cc(/C(=C\C2CCCC2)c2cc3cccnc3n2S(=O)(=O)c2ccccc2)c1. The van der Waals surface area contributed by atoms with Crippen molar-refractivity contribution in [3.8, 4) is 0 Å². The molecule has 1 aliphatic carbocycles. The van der Waals surface area contributed by atoms with E-state index in [1.807, 2.05) is 24.3 Å². The third kappa shape index (κ3) is 4.13. The van der Waals surface area contributed by atoms with Crippen LogP contribution < -0.4 is 0 Å². The van der Waals surface area contributed by atoms with Gasteiger partial charge in [0.15, 0.2) is 5.65 Å². The molecule has 0 N–H and O–H groups in total. The number of hydrogen-bond acceptors (Lipinski definition) is 3. The van der Waals surface area contributed by atoms with E-state index in [1.165, 1.54) is 16.8 Å². The zero-order chi connectivity index (χ0) is 23.0. The van der Waals surface area contributed by atoms with Gasteiger partial charge in [0.2, 0.25) is 0 Å². The van der Waals surface area contributed by atoms with E-state index in [9.17, 15) is 8.42 Å². The first kappa shape index (κ1) is 21.7. The third-order valence-corrected chi connectivity index (χ3v) is 8.13. The lowest BCUT2D eigenvalue weighted by Crippen LogP contribution is -2.16. The molecule has 0 amide bonds. The van der Waals surface area contributed by atoms with E-state index >= 15 is 0 Å². The fourth-order valence-electron chi connectivity index (χ4n) is 4.96. The minimum Gasteiger partial charge on any atom is -0.237 e. The number of benzene rings is 2. The van der Waals surface area contributed by atoms with Crippen LogP contribution in [0.2, 0.25) is 0 Å². The second-order valence-electron chi connectivity index (χ2n) is 9.03. The quantitative estimate of drug-likeness (QED) is 0.344. The standard InChI is InChI=1S/C28H28N2O2S/c1-20-15-21(2)17-24(16-20)26(18-22-9-6-7-10-22)27-19-23-11-8-14-29-28(23)30(27)33(31,32)25-12-4-3-5-13-25/h3-5,8,11-19,22H,6-7,9-10H2,1-2H3/b26-18+. The van der Waals surface area contributed by atoms with E-state index in [4.69, 9.17) is 0 Å². The molecule has 0 spiro atoms. The number of pyridine rings is 1. The lowest BCUT2D eigenvalue weighted by Gasteiger charge is -2.17. The highest BCUT2D eigenvalue weighted by molar-refractivity contribution is 7.90. The maximum Gasteiger partial charge on any atom is 0.269 e. The normalized spacial score (nSPS) is 15.4. The van der Waals surface area contributed by atoms with Gasteiger partial charge >= 0.3 is 0 Å². The molecular formula is C28H28N2O2S. The topological polar surface area (TPSA) is 52.0 Å². The molecule has 1 aliphatic rings. The second-order valence-corrected chi connectivity index (χ2v) is 10.8. The van der Waals surface area contributed by atoms with Crippen LogP contribution in [0.5, 0.6) is 0 Å². The number of hydrogen-bond donors (Lipinski definition) is 0. The van der Waals surface area contributed by atoms with Gasteiger partial charge in [0.05, 0.1) is 10.6 Å². The van der Waals surface area contributed by atoms with Crippen LogP contribution in [0.1, 0.15) is 48.1 Å². The molecule has 168 valence electrons. The number of allylic oxidation sites excluding steroid dienone is 1. The first-order valence-corrected chi connectivity index (χ1v) is 13.0. The number of fused-ring (bicyclic) bond motifs is 1. The molecule has 0 saturated heterocycles. The highest BCUT2D eigenvalue weighted by atomic mass is 32.2. The molecule has 2 aromatic heterocycles. The van der Waals surface area contributed by atoms with Crippen molar-refractivity contribution in [1.29, 1.82) is 0 Å². The Morgan fingerprint density at radius 1 is 0.939 bits per heavy atom. The lowest BCUT2D eigenvalue weighted by atomic mass is 9.94. The first-order valence-electron chi connectivity index (χ1n) is 11.5. The largest absolute Gasteiger partial charge is 0.269 e. The van der Waals surface area contributed by atoms with Crippen molar-refractivity contribution in [2.75, 3.05) is 0 Å². The molecular weight excluding hydrogens is 428 g/mol. The van der Waals surface area contributed by atoms with Gasteiger partial charge < -0.3 is 0 Å². The van der Waals surface area contributed by atoms with Crippen molar-refractivity contribution >= 4 is 26.6 Å². The molecule has 2 aromatic carbocycles. The highest BCUT2D eigenvalue weighted by Gasteiger charge is 2.27. The van der Waals surface area contributed by atoms with Crippen LogP contribution >= 0.6 is 0 Å². The van der Waals surface area contributed by atoms with Gasteiger partial charge in [0, 0.05) is 17.2 Å². The van der Waals surface area contributed by atoms with Crippen molar-refractivity contribution in [2.24, 2.45) is 5.92 Å². The molecule has 5 rings (SSSR count). The van der Waals surface area contributed by atoms with Crippen molar-refractivity contribution < 1.29 is 8.42 Å². The van der Waals surface area contributed by atoms with Crippen LogP contribution in [0.3, 0.4) is 0 Å². The second kappa shape index (κ2) is 8.64. The number of aryl methyl sites for hydroxylation is 2. The number of rotatable bonds is 5. The maximum atomic E-state index is 13.9. The average Bonchev–Trinajstić information content (AvgIpc) is 3.45. The van der Waals surface area contributed by atoms with Gasteiger partial charge in [0.25, 0.3) is 10.0 Å². The molecule has 0 aliphatic heterocycles. The molecule has 4 nitrogen and oxygen atoms in total. The summed E-state index contributed by atoms with van der Waals surface area (Å²) in [5.74, 6) is 0.444. The molecule has 4 aromatic rings. The van der Waals surface area contributed by atoms with Gasteiger partial charge in [-0.3, -0.25) is 0 Å². The molecule has 1 fully saturated rings. The minimum absolute atomic E-state index is 0.259. The fraction of sp³-hybridized carbons (Fsp3) is 0.250. The van der Waals surface area contributed by atoms with Crippen LogP contribution in [0.15, 0.2) is 83.9 Å². The number of aromatic nitrogens is 2. The smallest absolute Gasteiger partial charge is 0.237 e. The van der Waals surface area contributed by atoms with E-state index < -0.39 is 10.0 Å². The summed E-state index contributed by atoms with van der Waals surface area (Å²) in [4.78, 5) is 4.75. The van der Waals surface area contributed by atoms with E-state index in [0.29, 0.717) is 17.3 Å². The van der Waals surface area contributed by atoms with Gasteiger partial charge in [-0.2, -0.15) is 0 Å². The summed E-state index contributed by atoms with van der Waals surface area (Å²) in [5.41, 5.74) is 5.46. The zero-order valence-electron chi connectivity index (χ0n) is 19.0. The van der Waals surface area contributed by atoms with Crippen LogP contribution in [-0.4, -0.2) is 17.4 Å². The minimum atomic E-state index is -3.85. The van der Waals surface area contributed by atoms with Crippen molar-refractivity contribution in [3.63, 3.8) is 0 Å². The van der Waals surface area contributed by atoms with E-state index in [0.717, 1.165) is 40.5 Å². The van der Waals surface area contributed by atoms with Gasteiger partial charge in [0.1, 0.15) is 0 Å². The average molecular weight is 457 g/mol. The summed E-state index contributed by atoms with van der Waals surface area (Å²) in [6, 6.07) is 20.8. The summed E-state index contributed by atoms with van der Waals surface area (Å²) < 4.78 is 29.3. The van der Waals surface area contributed by atoms with Gasteiger partial charge in [-0.15, -0.1) is 0 Å². The summed E-state index contributed by atoms with van der Waals surface area (Å²) in [6.45, 7) is 4.17. The predicted octanol–water partition coefficient (Wildman–Crippen LogP) is 6.51. The number of nitrogens with zero attached hydrogens (tertiary/aromatic N) is 2. The van der Waals surface area contributed by atoms with Crippen molar-refractivity contribution in [2.45, 2.75) is 44.4 Å². The molecule has 2 heterocycles. The van der Waals surface area contributed by atoms with E-state index in [2.05, 4.69) is 43.1 Å². The van der Waals surface area contributed by atoms with Crippen LogP contribution in [0, 0.1) is 19.8 Å². The van der Waals surface area contributed by atoms with E-state index in [1.54, 1.807) is 30.5 Å². The Morgan fingerprint density at radius 3 is 2.33 bits per heavy atom. The molecule has 33 heavy (non-hydrogen) atoms.